The number of thiocarbonyl (C=S) groups is 1. The molecule has 0 radical (unpaired) electrons. The highest BCUT2D eigenvalue weighted by Gasteiger charge is 2.42. The molecule has 3 heterocycles. The molecule has 0 saturated carbocycles. The number of hydrogen-bond donors (Lipinski definition) is 2. The summed E-state index contributed by atoms with van der Waals surface area (Å²) in [6.45, 7) is 1.83. The average molecular weight is 522 g/mol. The summed E-state index contributed by atoms with van der Waals surface area (Å²) in [6, 6.07) is 20.9. The van der Waals surface area contributed by atoms with Crippen LogP contribution in [0.1, 0.15) is 29.0 Å². The first-order valence-corrected chi connectivity index (χ1v) is 13.5. The molecule has 1 fully saturated rings. The number of aromatic nitrogens is 2. The zero-order valence-corrected chi connectivity index (χ0v) is 21.2. The average Bonchev–Trinajstić information content (AvgIpc) is 3.44. The molecular weight excluding hydrogens is 497 g/mol. The van der Waals surface area contributed by atoms with Crippen molar-refractivity contribution in [1.29, 1.82) is 0 Å². The third-order valence-corrected chi connectivity index (χ3v) is 6.98. The summed E-state index contributed by atoms with van der Waals surface area (Å²) in [5.41, 5.74) is 4.05. The molecule has 0 unspecified atom stereocenters. The van der Waals surface area contributed by atoms with Crippen LogP contribution in [-0.4, -0.2) is 29.3 Å². The summed E-state index contributed by atoms with van der Waals surface area (Å²) in [4.78, 5) is 6.54. The van der Waals surface area contributed by atoms with Gasteiger partial charge in [-0.25, -0.2) is 12.8 Å². The lowest BCUT2D eigenvalue weighted by Gasteiger charge is -2.29. The number of halogens is 1. The van der Waals surface area contributed by atoms with E-state index in [1.165, 1.54) is 6.07 Å². The molecule has 2 atom stereocenters. The van der Waals surface area contributed by atoms with Crippen molar-refractivity contribution in [2.75, 3.05) is 15.9 Å². The van der Waals surface area contributed by atoms with E-state index in [0.717, 1.165) is 28.9 Å². The Morgan fingerprint density at radius 2 is 1.83 bits per heavy atom. The van der Waals surface area contributed by atoms with E-state index in [4.69, 9.17) is 12.2 Å². The van der Waals surface area contributed by atoms with Crippen molar-refractivity contribution >= 4 is 38.7 Å². The van der Waals surface area contributed by atoms with Crippen molar-refractivity contribution in [3.05, 3.63) is 108 Å². The molecule has 0 spiro atoms. The van der Waals surface area contributed by atoms with Gasteiger partial charge in [0.05, 0.1) is 29.4 Å². The van der Waals surface area contributed by atoms with Gasteiger partial charge in [-0.2, -0.15) is 0 Å². The second kappa shape index (κ2) is 9.36. The number of hydrogen-bond acceptors (Lipinski definition) is 4. The van der Waals surface area contributed by atoms with Crippen molar-refractivity contribution in [2.45, 2.75) is 19.0 Å². The number of nitrogens with zero attached hydrogens (tertiary/aromatic N) is 3. The third-order valence-electron chi connectivity index (χ3n) is 6.08. The zero-order valence-electron chi connectivity index (χ0n) is 19.6. The monoisotopic (exact) mass is 521 g/mol. The summed E-state index contributed by atoms with van der Waals surface area (Å²) in [5.74, 6) is -0.337. The lowest BCUT2D eigenvalue weighted by Crippen LogP contribution is -2.30. The fourth-order valence-corrected chi connectivity index (χ4v) is 5.52. The Hall–Kier alpha value is -3.76. The second-order valence-electron chi connectivity index (χ2n) is 8.62. The maximum absolute atomic E-state index is 14.8. The Morgan fingerprint density at radius 1 is 1.06 bits per heavy atom. The van der Waals surface area contributed by atoms with E-state index in [9.17, 15) is 12.8 Å². The maximum Gasteiger partial charge on any atom is 0.229 e. The van der Waals surface area contributed by atoms with Gasteiger partial charge in [-0.3, -0.25) is 9.71 Å². The minimum atomic E-state index is -3.42. The summed E-state index contributed by atoms with van der Waals surface area (Å²) >= 11 is 5.79. The standard InChI is InChI=1S/C26H24FN5O2S2/c1-17-16-18(12-13-20(17)30-36(2,33)34)32-25(24(29-26(32)35)21-9-5-6-14-28-21)23-11-7-15-31(23)22-10-4-3-8-19(22)27/h3-16,24-25,30H,1-2H3,(H,29,35)/t24-,25+/m1/s1. The Balaban J connectivity index is 1.65. The van der Waals surface area contributed by atoms with E-state index in [1.807, 2.05) is 65.1 Å². The highest BCUT2D eigenvalue weighted by molar-refractivity contribution is 7.92. The van der Waals surface area contributed by atoms with E-state index in [0.29, 0.717) is 16.5 Å². The van der Waals surface area contributed by atoms with Crippen molar-refractivity contribution in [2.24, 2.45) is 0 Å². The van der Waals surface area contributed by atoms with Gasteiger partial charge in [-0.05, 0) is 79.3 Å². The molecule has 5 rings (SSSR count). The molecule has 1 saturated heterocycles. The first kappa shape index (κ1) is 24.0. The predicted molar refractivity (Wildman–Crippen MR) is 143 cm³/mol. The Kier molecular flexibility index (Phi) is 6.23. The molecule has 7 nitrogen and oxygen atoms in total. The van der Waals surface area contributed by atoms with Crippen LogP contribution in [0.25, 0.3) is 5.69 Å². The van der Waals surface area contributed by atoms with E-state index < -0.39 is 10.0 Å². The summed E-state index contributed by atoms with van der Waals surface area (Å²) in [6.07, 6.45) is 4.67. The molecule has 184 valence electrons. The second-order valence-corrected chi connectivity index (χ2v) is 10.8. The van der Waals surface area contributed by atoms with Crippen LogP contribution in [0.3, 0.4) is 0 Å². The first-order chi connectivity index (χ1) is 17.2. The minimum absolute atomic E-state index is 0.312. The highest BCUT2D eigenvalue weighted by Crippen LogP contribution is 2.43. The molecule has 4 aromatic rings. The molecular formula is C26H24FN5O2S2. The molecule has 10 heteroatoms. The number of benzene rings is 2. The number of para-hydroxylation sites is 1. The Bertz CT molecular complexity index is 1540. The smallest absolute Gasteiger partial charge is 0.229 e. The van der Waals surface area contributed by atoms with E-state index in [1.54, 1.807) is 30.5 Å². The minimum Gasteiger partial charge on any atom is -0.351 e. The topological polar surface area (TPSA) is 79.3 Å². The maximum atomic E-state index is 14.8. The molecule has 36 heavy (non-hydrogen) atoms. The quantitative estimate of drug-likeness (QED) is 0.353. The van der Waals surface area contributed by atoms with Gasteiger partial charge in [-0.15, -0.1) is 0 Å². The van der Waals surface area contributed by atoms with Crippen molar-refractivity contribution in [1.82, 2.24) is 14.9 Å². The van der Waals surface area contributed by atoms with Crippen LogP contribution in [0.5, 0.6) is 0 Å². The number of rotatable bonds is 6. The summed E-state index contributed by atoms with van der Waals surface area (Å²) in [7, 11) is -3.42. The van der Waals surface area contributed by atoms with Crippen LogP contribution in [-0.2, 0) is 10.0 Å². The normalized spacial score (nSPS) is 17.8. The van der Waals surface area contributed by atoms with Gasteiger partial charge < -0.3 is 14.8 Å². The number of sulfonamides is 1. The Morgan fingerprint density at radius 3 is 2.53 bits per heavy atom. The van der Waals surface area contributed by atoms with Crippen molar-refractivity contribution < 1.29 is 12.8 Å². The predicted octanol–water partition coefficient (Wildman–Crippen LogP) is 4.87. The van der Waals surface area contributed by atoms with Gasteiger partial charge in [0, 0.05) is 23.8 Å². The fraction of sp³-hybridized carbons (Fsp3) is 0.154. The molecule has 1 aliphatic rings. The first-order valence-electron chi connectivity index (χ1n) is 11.2. The summed E-state index contributed by atoms with van der Waals surface area (Å²) < 4.78 is 42.7. The van der Waals surface area contributed by atoms with Gasteiger partial charge in [0.2, 0.25) is 10.0 Å². The van der Waals surface area contributed by atoms with Gasteiger partial charge in [0.1, 0.15) is 11.9 Å². The molecule has 0 amide bonds. The summed E-state index contributed by atoms with van der Waals surface area (Å²) in [5, 5.41) is 3.89. The lowest BCUT2D eigenvalue weighted by atomic mass is 10.0. The van der Waals surface area contributed by atoms with Crippen molar-refractivity contribution in [3.8, 4) is 5.69 Å². The van der Waals surface area contributed by atoms with E-state index in [-0.39, 0.29) is 17.9 Å². The van der Waals surface area contributed by atoms with Crippen LogP contribution in [0.15, 0.2) is 85.2 Å². The lowest BCUT2D eigenvalue weighted by molar-refractivity contribution is 0.544. The molecule has 0 aliphatic carbocycles. The van der Waals surface area contributed by atoms with Gasteiger partial charge in [0.15, 0.2) is 5.11 Å². The number of aryl methyl sites for hydroxylation is 1. The molecule has 2 aromatic carbocycles. The number of anilines is 2. The molecule has 2 N–H and O–H groups in total. The SMILES string of the molecule is Cc1cc(N2C(=S)N[C@H](c3ccccn3)[C@@H]2c2cccn2-c2ccccc2F)ccc1NS(C)(=O)=O. The van der Waals surface area contributed by atoms with Crippen LogP contribution in [0.4, 0.5) is 15.8 Å². The van der Waals surface area contributed by atoms with Gasteiger partial charge in [-0.1, -0.05) is 18.2 Å². The van der Waals surface area contributed by atoms with Crippen LogP contribution in [0.2, 0.25) is 0 Å². The van der Waals surface area contributed by atoms with Crippen LogP contribution in [0, 0.1) is 12.7 Å². The van der Waals surface area contributed by atoms with Crippen LogP contribution < -0.4 is 14.9 Å². The van der Waals surface area contributed by atoms with Gasteiger partial charge >= 0.3 is 0 Å². The fourth-order valence-electron chi connectivity index (χ4n) is 4.55. The van der Waals surface area contributed by atoms with Crippen LogP contribution >= 0.6 is 12.2 Å². The van der Waals surface area contributed by atoms with Gasteiger partial charge in [0.25, 0.3) is 0 Å². The number of nitrogens with one attached hydrogen (secondary N) is 2. The molecule has 2 aromatic heterocycles. The largest absolute Gasteiger partial charge is 0.351 e. The highest BCUT2D eigenvalue weighted by atomic mass is 32.2. The zero-order chi connectivity index (χ0) is 25.4. The number of pyridine rings is 1. The third kappa shape index (κ3) is 4.57. The molecule has 0 bridgehead atoms. The Labute approximate surface area is 214 Å². The molecule has 1 aliphatic heterocycles. The van der Waals surface area contributed by atoms with Crippen molar-refractivity contribution in [3.63, 3.8) is 0 Å². The van der Waals surface area contributed by atoms with E-state index >= 15 is 0 Å². The van der Waals surface area contributed by atoms with E-state index in [2.05, 4.69) is 15.0 Å².